The van der Waals surface area contributed by atoms with Crippen molar-refractivity contribution in [2.24, 2.45) is 0 Å². The van der Waals surface area contributed by atoms with Crippen LogP contribution in [0.1, 0.15) is 12.5 Å². The van der Waals surface area contributed by atoms with Crippen LogP contribution in [0.3, 0.4) is 0 Å². The van der Waals surface area contributed by atoms with Crippen LogP contribution in [0.25, 0.3) is 0 Å². The Hall–Kier alpha value is -1.76. The van der Waals surface area contributed by atoms with Crippen molar-refractivity contribution in [2.75, 3.05) is 24.2 Å². The van der Waals surface area contributed by atoms with Crippen LogP contribution in [0.15, 0.2) is 12.4 Å². The molecule has 2 aromatic heterocycles. The Morgan fingerprint density at radius 1 is 1.56 bits per heavy atom. The Morgan fingerprint density at radius 3 is 3.06 bits per heavy atom. The van der Waals surface area contributed by atoms with Gasteiger partial charge in [0.1, 0.15) is 0 Å². The van der Waals surface area contributed by atoms with Gasteiger partial charge in [0, 0.05) is 12.7 Å². The molecule has 0 amide bonds. The van der Waals surface area contributed by atoms with E-state index in [9.17, 15) is 0 Å². The van der Waals surface area contributed by atoms with Gasteiger partial charge in [-0.1, -0.05) is 0 Å². The first-order chi connectivity index (χ1) is 8.70. The molecule has 0 spiro atoms. The molecule has 0 atom stereocenters. The predicted octanol–water partition coefficient (Wildman–Crippen LogP) is 1.74. The SMILES string of the molecule is CCOc1c(N)nsc1NCCn1cc(C)cn1. The summed E-state index contributed by atoms with van der Waals surface area (Å²) in [5.41, 5.74) is 6.89. The molecule has 0 aliphatic carbocycles. The first-order valence-electron chi connectivity index (χ1n) is 5.81. The maximum atomic E-state index is 5.73. The summed E-state index contributed by atoms with van der Waals surface area (Å²) in [6.45, 7) is 6.07. The van der Waals surface area contributed by atoms with Crippen LogP contribution in [0.2, 0.25) is 0 Å². The van der Waals surface area contributed by atoms with E-state index in [1.54, 1.807) is 0 Å². The van der Waals surface area contributed by atoms with Gasteiger partial charge in [-0.05, 0) is 30.9 Å². The zero-order chi connectivity index (χ0) is 13.0. The highest BCUT2D eigenvalue weighted by atomic mass is 32.1. The van der Waals surface area contributed by atoms with E-state index in [0.717, 1.165) is 23.7 Å². The standard InChI is InChI=1S/C11H17N5OS/c1-3-17-9-10(12)15-18-11(9)13-4-5-16-7-8(2)6-14-16/h6-7,13H,3-5H2,1-2H3,(H2,12,15). The number of rotatable bonds is 6. The van der Waals surface area contributed by atoms with Gasteiger partial charge in [0.05, 0.1) is 19.3 Å². The van der Waals surface area contributed by atoms with Crippen LogP contribution in [0.4, 0.5) is 10.8 Å². The fourth-order valence-electron chi connectivity index (χ4n) is 1.56. The Kier molecular flexibility index (Phi) is 4.03. The van der Waals surface area contributed by atoms with Crippen molar-refractivity contribution >= 4 is 22.4 Å². The highest BCUT2D eigenvalue weighted by Crippen LogP contribution is 2.34. The highest BCUT2D eigenvalue weighted by Gasteiger charge is 2.11. The van der Waals surface area contributed by atoms with Crippen molar-refractivity contribution in [2.45, 2.75) is 20.4 Å². The summed E-state index contributed by atoms with van der Waals surface area (Å²) >= 11 is 1.32. The van der Waals surface area contributed by atoms with E-state index in [0.29, 0.717) is 18.2 Å². The van der Waals surface area contributed by atoms with Crippen LogP contribution in [0, 0.1) is 6.92 Å². The van der Waals surface area contributed by atoms with E-state index in [4.69, 9.17) is 10.5 Å². The van der Waals surface area contributed by atoms with Crippen molar-refractivity contribution in [3.63, 3.8) is 0 Å². The zero-order valence-electron chi connectivity index (χ0n) is 10.5. The topological polar surface area (TPSA) is 78.0 Å². The first kappa shape index (κ1) is 12.7. The van der Waals surface area contributed by atoms with Crippen LogP contribution >= 0.6 is 11.5 Å². The predicted molar refractivity (Wildman–Crippen MR) is 73.1 cm³/mol. The number of aromatic nitrogens is 3. The Labute approximate surface area is 110 Å². The quantitative estimate of drug-likeness (QED) is 0.833. The lowest BCUT2D eigenvalue weighted by atomic mass is 10.4. The molecule has 0 saturated heterocycles. The third kappa shape index (κ3) is 2.92. The lowest BCUT2D eigenvalue weighted by Gasteiger charge is -2.07. The summed E-state index contributed by atoms with van der Waals surface area (Å²) in [6, 6.07) is 0. The van der Waals surface area contributed by atoms with Gasteiger partial charge in [0.2, 0.25) is 0 Å². The minimum atomic E-state index is 0.444. The Morgan fingerprint density at radius 2 is 2.39 bits per heavy atom. The number of nitrogens with one attached hydrogen (secondary N) is 1. The first-order valence-corrected chi connectivity index (χ1v) is 6.59. The summed E-state index contributed by atoms with van der Waals surface area (Å²) in [5.74, 6) is 1.10. The van der Waals surface area contributed by atoms with Crippen LogP contribution < -0.4 is 15.8 Å². The maximum absolute atomic E-state index is 5.73. The van der Waals surface area contributed by atoms with Gasteiger partial charge in [0.15, 0.2) is 16.6 Å². The number of nitrogen functional groups attached to an aromatic ring is 1. The van der Waals surface area contributed by atoms with Gasteiger partial charge in [-0.25, -0.2) is 0 Å². The second-order valence-corrected chi connectivity index (χ2v) is 4.64. The van der Waals surface area contributed by atoms with E-state index in [1.807, 2.05) is 30.9 Å². The van der Waals surface area contributed by atoms with Gasteiger partial charge in [-0.15, -0.1) is 0 Å². The summed E-state index contributed by atoms with van der Waals surface area (Å²) in [7, 11) is 0. The molecule has 0 unspecified atom stereocenters. The molecule has 6 nitrogen and oxygen atoms in total. The molecule has 0 radical (unpaired) electrons. The number of ether oxygens (including phenoxy) is 1. The largest absolute Gasteiger partial charge is 0.487 e. The number of hydrogen-bond acceptors (Lipinski definition) is 6. The molecule has 0 fully saturated rings. The van der Waals surface area contributed by atoms with E-state index >= 15 is 0 Å². The Bertz CT molecular complexity index is 507. The third-order valence-corrected chi connectivity index (χ3v) is 3.15. The third-order valence-electron chi connectivity index (χ3n) is 2.35. The van der Waals surface area contributed by atoms with Gasteiger partial charge in [-0.3, -0.25) is 4.68 Å². The number of anilines is 2. The molecule has 98 valence electrons. The lowest BCUT2D eigenvalue weighted by molar-refractivity contribution is 0.344. The molecule has 2 aromatic rings. The van der Waals surface area contributed by atoms with E-state index in [2.05, 4.69) is 14.8 Å². The fourth-order valence-corrected chi connectivity index (χ4v) is 2.25. The zero-order valence-corrected chi connectivity index (χ0v) is 11.3. The second kappa shape index (κ2) is 5.72. The molecule has 0 aliphatic heterocycles. The summed E-state index contributed by atoms with van der Waals surface area (Å²) < 4.78 is 11.4. The molecule has 3 N–H and O–H groups in total. The maximum Gasteiger partial charge on any atom is 0.197 e. The molecule has 18 heavy (non-hydrogen) atoms. The monoisotopic (exact) mass is 267 g/mol. The summed E-state index contributed by atoms with van der Waals surface area (Å²) in [6.07, 6.45) is 3.85. The number of nitrogens with zero attached hydrogens (tertiary/aromatic N) is 3. The number of aryl methyl sites for hydroxylation is 1. The van der Waals surface area contributed by atoms with Gasteiger partial charge < -0.3 is 15.8 Å². The highest BCUT2D eigenvalue weighted by molar-refractivity contribution is 7.11. The van der Waals surface area contributed by atoms with Crippen molar-refractivity contribution in [1.29, 1.82) is 0 Å². The van der Waals surface area contributed by atoms with E-state index in [1.165, 1.54) is 11.5 Å². The number of hydrogen-bond donors (Lipinski definition) is 2. The van der Waals surface area contributed by atoms with Crippen molar-refractivity contribution in [3.8, 4) is 5.75 Å². The Balaban J connectivity index is 1.90. The molecular weight excluding hydrogens is 250 g/mol. The second-order valence-electron chi connectivity index (χ2n) is 3.87. The molecule has 0 aromatic carbocycles. The molecule has 2 rings (SSSR count). The van der Waals surface area contributed by atoms with Crippen molar-refractivity contribution < 1.29 is 4.74 Å². The number of nitrogens with two attached hydrogens (primary N) is 1. The minimum absolute atomic E-state index is 0.444. The molecule has 2 heterocycles. The average Bonchev–Trinajstić information content (AvgIpc) is 2.90. The normalized spacial score (nSPS) is 10.6. The lowest BCUT2D eigenvalue weighted by Crippen LogP contribution is -2.10. The summed E-state index contributed by atoms with van der Waals surface area (Å²) in [5, 5.41) is 8.36. The van der Waals surface area contributed by atoms with E-state index in [-0.39, 0.29) is 0 Å². The van der Waals surface area contributed by atoms with Gasteiger partial charge >= 0.3 is 0 Å². The van der Waals surface area contributed by atoms with E-state index < -0.39 is 0 Å². The molecule has 0 bridgehead atoms. The van der Waals surface area contributed by atoms with Crippen LogP contribution in [-0.2, 0) is 6.54 Å². The molecule has 0 saturated carbocycles. The molecular formula is C11H17N5OS. The van der Waals surface area contributed by atoms with Gasteiger partial charge in [-0.2, -0.15) is 9.47 Å². The van der Waals surface area contributed by atoms with Crippen LogP contribution in [-0.4, -0.2) is 27.3 Å². The van der Waals surface area contributed by atoms with Crippen molar-refractivity contribution in [3.05, 3.63) is 18.0 Å². The average molecular weight is 267 g/mol. The van der Waals surface area contributed by atoms with Crippen molar-refractivity contribution in [1.82, 2.24) is 14.2 Å². The van der Waals surface area contributed by atoms with Gasteiger partial charge in [0.25, 0.3) is 0 Å². The summed E-state index contributed by atoms with van der Waals surface area (Å²) in [4.78, 5) is 0. The van der Waals surface area contributed by atoms with Crippen LogP contribution in [0.5, 0.6) is 5.75 Å². The molecule has 0 aliphatic rings. The molecule has 7 heteroatoms. The smallest absolute Gasteiger partial charge is 0.197 e. The fraction of sp³-hybridized carbons (Fsp3) is 0.455. The minimum Gasteiger partial charge on any atom is -0.487 e.